The van der Waals surface area contributed by atoms with Crippen LogP contribution >= 0.6 is 22.6 Å². The Labute approximate surface area is 113 Å². The molecule has 0 aliphatic carbocycles. The second-order valence-electron chi connectivity index (χ2n) is 4.03. The van der Waals surface area contributed by atoms with Gasteiger partial charge in [-0.1, -0.05) is 18.2 Å². The topological polar surface area (TPSA) is 25.2 Å². The average molecular weight is 338 g/mol. The van der Waals surface area contributed by atoms with Crippen LogP contribution in [0.2, 0.25) is 0 Å². The lowest BCUT2D eigenvalue weighted by Crippen LogP contribution is -2.39. The molecule has 0 saturated heterocycles. The highest BCUT2D eigenvalue weighted by Crippen LogP contribution is 2.22. The molecule has 1 aromatic heterocycles. The van der Waals surface area contributed by atoms with Crippen LogP contribution in [0.4, 0.5) is 5.69 Å². The molecule has 0 spiro atoms. The number of fused-ring (bicyclic) bond motifs is 1. The monoisotopic (exact) mass is 338 g/mol. The molecule has 1 aliphatic rings. The predicted octanol–water partition coefficient (Wildman–Crippen LogP) is 2.75. The van der Waals surface area contributed by atoms with Gasteiger partial charge in [0, 0.05) is 28.5 Å². The van der Waals surface area contributed by atoms with Crippen LogP contribution in [0.15, 0.2) is 42.6 Å². The summed E-state index contributed by atoms with van der Waals surface area (Å²) < 4.78 is 3.14. The van der Waals surface area contributed by atoms with Gasteiger partial charge >= 0.3 is 0 Å². The molecule has 1 aliphatic heterocycles. The molecular formula is C13H11IN2O. The van der Waals surface area contributed by atoms with Crippen molar-refractivity contribution in [2.75, 3.05) is 11.4 Å². The zero-order valence-electron chi connectivity index (χ0n) is 9.14. The first kappa shape index (κ1) is 10.8. The molecule has 3 nitrogen and oxygen atoms in total. The molecule has 0 saturated carbocycles. The van der Waals surface area contributed by atoms with Crippen LogP contribution in [0.25, 0.3) is 0 Å². The van der Waals surface area contributed by atoms with E-state index in [1.165, 1.54) is 0 Å². The Bertz CT molecular complexity index is 562. The van der Waals surface area contributed by atoms with E-state index in [1.54, 1.807) is 0 Å². The molecule has 1 aromatic carbocycles. The Morgan fingerprint density at radius 2 is 1.88 bits per heavy atom. The quantitative estimate of drug-likeness (QED) is 0.734. The second-order valence-corrected chi connectivity index (χ2v) is 5.27. The average Bonchev–Trinajstić information content (AvgIpc) is 2.72. The maximum Gasteiger partial charge on any atom is 0.274 e. The van der Waals surface area contributed by atoms with E-state index in [0.29, 0.717) is 0 Å². The molecule has 4 heteroatoms. The maximum absolute atomic E-state index is 12.3. The molecule has 2 heterocycles. The number of aromatic nitrogens is 1. The first-order valence-electron chi connectivity index (χ1n) is 5.48. The molecular weight excluding hydrogens is 327 g/mol. The van der Waals surface area contributed by atoms with Gasteiger partial charge in [0.2, 0.25) is 0 Å². The van der Waals surface area contributed by atoms with Gasteiger partial charge in [-0.15, -0.1) is 0 Å². The molecule has 0 unspecified atom stereocenters. The van der Waals surface area contributed by atoms with Crippen LogP contribution in [-0.4, -0.2) is 17.0 Å². The van der Waals surface area contributed by atoms with Gasteiger partial charge in [-0.25, -0.2) is 0 Å². The van der Waals surface area contributed by atoms with Gasteiger partial charge in [-0.3, -0.25) is 4.79 Å². The van der Waals surface area contributed by atoms with Crippen molar-refractivity contribution in [3.8, 4) is 0 Å². The third-order valence-corrected chi connectivity index (χ3v) is 3.55. The Balaban J connectivity index is 2.00. The summed E-state index contributed by atoms with van der Waals surface area (Å²) in [6.07, 6.45) is 2.02. The Kier molecular flexibility index (Phi) is 2.66. The van der Waals surface area contributed by atoms with Gasteiger partial charge in [-0.05, 0) is 40.8 Å². The zero-order valence-corrected chi connectivity index (χ0v) is 11.3. The van der Waals surface area contributed by atoms with E-state index in [9.17, 15) is 4.79 Å². The number of carbonyl (C=O) groups excluding carboxylic acids is 1. The van der Waals surface area contributed by atoms with E-state index in [1.807, 2.05) is 52.1 Å². The largest absolute Gasteiger partial charge is 0.341 e. The Hall–Kier alpha value is -1.30. The van der Waals surface area contributed by atoms with Crippen LogP contribution < -0.4 is 4.90 Å². The molecule has 0 N–H and O–H groups in total. The van der Waals surface area contributed by atoms with Gasteiger partial charge in [-0.2, -0.15) is 0 Å². The molecule has 0 atom stereocenters. The first-order chi connectivity index (χ1) is 8.25. The lowest BCUT2D eigenvalue weighted by atomic mass is 10.2. The van der Waals surface area contributed by atoms with E-state index >= 15 is 0 Å². The number of anilines is 1. The fourth-order valence-corrected chi connectivity index (χ4v) is 2.77. The van der Waals surface area contributed by atoms with Gasteiger partial charge in [0.05, 0.1) is 0 Å². The first-order valence-corrected chi connectivity index (χ1v) is 6.56. The SMILES string of the molecule is O=C1c2cc(I)cn2CCN1c1ccccc1. The van der Waals surface area contributed by atoms with Crippen molar-refractivity contribution in [2.24, 2.45) is 0 Å². The van der Waals surface area contributed by atoms with Crippen LogP contribution in [0.5, 0.6) is 0 Å². The van der Waals surface area contributed by atoms with Crippen LogP contribution in [0.3, 0.4) is 0 Å². The number of amides is 1. The number of nitrogens with zero attached hydrogens (tertiary/aromatic N) is 2. The highest BCUT2D eigenvalue weighted by Gasteiger charge is 2.25. The summed E-state index contributed by atoms with van der Waals surface area (Å²) in [7, 11) is 0. The van der Waals surface area contributed by atoms with Crippen molar-refractivity contribution >= 4 is 34.2 Å². The number of para-hydroxylation sites is 1. The minimum Gasteiger partial charge on any atom is -0.341 e. The third-order valence-electron chi connectivity index (χ3n) is 2.96. The fraction of sp³-hybridized carbons (Fsp3) is 0.154. The number of rotatable bonds is 1. The van der Waals surface area contributed by atoms with Gasteiger partial charge < -0.3 is 9.47 Å². The minimum atomic E-state index is 0.0883. The standard InChI is InChI=1S/C13H11IN2O/c14-10-8-12-13(17)16(7-6-15(12)9-10)11-4-2-1-3-5-11/h1-5,8-9H,6-7H2. The van der Waals surface area contributed by atoms with E-state index < -0.39 is 0 Å². The van der Waals surface area contributed by atoms with Crippen LogP contribution in [-0.2, 0) is 6.54 Å². The summed E-state index contributed by atoms with van der Waals surface area (Å²) in [5.74, 6) is 0.0883. The normalized spacial score (nSPS) is 14.9. The minimum absolute atomic E-state index is 0.0883. The summed E-state index contributed by atoms with van der Waals surface area (Å²) in [6.45, 7) is 1.60. The molecule has 3 rings (SSSR count). The van der Waals surface area contributed by atoms with Crippen molar-refractivity contribution in [3.63, 3.8) is 0 Å². The van der Waals surface area contributed by atoms with Gasteiger partial charge in [0.1, 0.15) is 5.69 Å². The van der Waals surface area contributed by atoms with Crippen LogP contribution in [0, 0.1) is 3.57 Å². The van der Waals surface area contributed by atoms with Crippen molar-refractivity contribution in [3.05, 3.63) is 51.9 Å². The number of halogens is 1. The molecule has 86 valence electrons. The summed E-state index contributed by atoms with van der Waals surface area (Å²) >= 11 is 2.24. The molecule has 2 aromatic rings. The van der Waals surface area contributed by atoms with E-state index in [0.717, 1.165) is 28.0 Å². The van der Waals surface area contributed by atoms with Crippen molar-refractivity contribution in [2.45, 2.75) is 6.54 Å². The molecule has 0 radical (unpaired) electrons. The number of benzene rings is 1. The summed E-state index contributed by atoms with van der Waals surface area (Å²) in [6, 6.07) is 11.8. The molecule has 1 amide bonds. The van der Waals surface area contributed by atoms with Gasteiger partial charge in [0.15, 0.2) is 0 Å². The lowest BCUT2D eigenvalue weighted by Gasteiger charge is -2.28. The highest BCUT2D eigenvalue weighted by atomic mass is 127. The molecule has 0 fully saturated rings. The Morgan fingerprint density at radius 1 is 1.12 bits per heavy atom. The molecule has 17 heavy (non-hydrogen) atoms. The number of carbonyl (C=O) groups is 1. The number of hydrogen-bond acceptors (Lipinski definition) is 1. The smallest absolute Gasteiger partial charge is 0.274 e. The molecule has 0 bridgehead atoms. The van der Waals surface area contributed by atoms with E-state index in [2.05, 4.69) is 22.6 Å². The van der Waals surface area contributed by atoms with Crippen molar-refractivity contribution < 1.29 is 4.79 Å². The number of hydrogen-bond donors (Lipinski definition) is 0. The van der Waals surface area contributed by atoms with E-state index in [4.69, 9.17) is 0 Å². The fourth-order valence-electron chi connectivity index (χ4n) is 2.14. The van der Waals surface area contributed by atoms with Crippen molar-refractivity contribution in [1.82, 2.24) is 4.57 Å². The third kappa shape index (κ3) is 1.86. The predicted molar refractivity (Wildman–Crippen MR) is 75.3 cm³/mol. The zero-order chi connectivity index (χ0) is 11.8. The summed E-state index contributed by atoms with van der Waals surface area (Å²) in [4.78, 5) is 14.2. The lowest BCUT2D eigenvalue weighted by molar-refractivity contribution is 0.0965. The Morgan fingerprint density at radius 3 is 2.65 bits per heavy atom. The van der Waals surface area contributed by atoms with Gasteiger partial charge in [0.25, 0.3) is 5.91 Å². The van der Waals surface area contributed by atoms with Crippen LogP contribution in [0.1, 0.15) is 10.5 Å². The maximum atomic E-state index is 12.3. The highest BCUT2D eigenvalue weighted by molar-refractivity contribution is 14.1. The second kappa shape index (κ2) is 4.18. The van der Waals surface area contributed by atoms with E-state index in [-0.39, 0.29) is 5.91 Å². The summed E-state index contributed by atoms with van der Waals surface area (Å²) in [5.41, 5.74) is 1.75. The van der Waals surface area contributed by atoms with Crippen molar-refractivity contribution in [1.29, 1.82) is 0 Å². The summed E-state index contributed by atoms with van der Waals surface area (Å²) in [5, 5.41) is 0.